The van der Waals surface area contributed by atoms with Crippen molar-refractivity contribution in [3.05, 3.63) is 42.5 Å². The van der Waals surface area contributed by atoms with Gasteiger partial charge < -0.3 is 4.74 Å². The summed E-state index contributed by atoms with van der Waals surface area (Å²) < 4.78 is 2.82. The molecule has 0 spiro atoms. The summed E-state index contributed by atoms with van der Waals surface area (Å²) in [6.45, 7) is 0. The van der Waals surface area contributed by atoms with E-state index in [0.717, 1.165) is 10.8 Å². The van der Waals surface area contributed by atoms with Gasteiger partial charge in [0.1, 0.15) is 5.75 Å². The monoisotopic (exact) mass is 331 g/mol. The van der Waals surface area contributed by atoms with Gasteiger partial charge in [-0.25, -0.2) is 4.79 Å². The first-order valence-corrected chi connectivity index (χ1v) is 6.59. The molecule has 0 aliphatic heterocycles. The Morgan fingerprint density at radius 3 is 2.35 bits per heavy atom. The quantitative estimate of drug-likeness (QED) is 0.808. The van der Waals surface area contributed by atoms with Crippen LogP contribution in [0, 0.1) is 0 Å². The SMILES string of the molecule is O=C(NC(=O)C(Cl)(Cl)Cl)Oc1cccc2ccccc12. The summed E-state index contributed by atoms with van der Waals surface area (Å²) in [6, 6.07) is 12.5. The van der Waals surface area contributed by atoms with Gasteiger partial charge in [0.2, 0.25) is 0 Å². The molecule has 104 valence electrons. The molecule has 0 saturated heterocycles. The average molecular weight is 333 g/mol. The molecule has 0 bridgehead atoms. The van der Waals surface area contributed by atoms with Crippen LogP contribution in [0.1, 0.15) is 0 Å². The number of rotatable bonds is 1. The molecule has 2 rings (SSSR count). The van der Waals surface area contributed by atoms with Crippen molar-refractivity contribution in [2.45, 2.75) is 3.79 Å². The Hall–Kier alpha value is -1.49. The van der Waals surface area contributed by atoms with Crippen LogP contribution >= 0.6 is 34.8 Å². The fraction of sp³-hybridized carbons (Fsp3) is 0.0769. The van der Waals surface area contributed by atoms with Gasteiger partial charge in [0.15, 0.2) is 0 Å². The number of hydrogen-bond donors (Lipinski definition) is 1. The van der Waals surface area contributed by atoms with Gasteiger partial charge in [-0.15, -0.1) is 0 Å². The number of halogens is 3. The maximum absolute atomic E-state index is 11.6. The highest BCUT2D eigenvalue weighted by Crippen LogP contribution is 2.27. The van der Waals surface area contributed by atoms with Crippen LogP contribution in [0.4, 0.5) is 4.79 Å². The summed E-state index contributed by atoms with van der Waals surface area (Å²) in [5, 5.41) is 3.46. The third-order valence-electron chi connectivity index (χ3n) is 2.43. The number of imide groups is 1. The third-order valence-corrected chi connectivity index (χ3v) is 2.94. The number of ether oxygens (including phenoxy) is 1. The lowest BCUT2D eigenvalue weighted by atomic mass is 10.1. The Balaban J connectivity index is 2.17. The zero-order chi connectivity index (χ0) is 14.8. The molecule has 0 saturated carbocycles. The summed E-state index contributed by atoms with van der Waals surface area (Å²) in [4.78, 5) is 22.9. The molecule has 7 heteroatoms. The van der Waals surface area contributed by atoms with Crippen LogP contribution in [-0.4, -0.2) is 15.8 Å². The van der Waals surface area contributed by atoms with Gasteiger partial charge in [-0.1, -0.05) is 71.2 Å². The lowest BCUT2D eigenvalue weighted by molar-refractivity contribution is -0.119. The van der Waals surface area contributed by atoms with Crippen LogP contribution < -0.4 is 10.1 Å². The van der Waals surface area contributed by atoms with Crippen LogP contribution in [0.5, 0.6) is 5.75 Å². The van der Waals surface area contributed by atoms with E-state index in [2.05, 4.69) is 0 Å². The zero-order valence-electron chi connectivity index (χ0n) is 9.90. The predicted molar refractivity (Wildman–Crippen MR) is 78.4 cm³/mol. The van der Waals surface area contributed by atoms with Crippen molar-refractivity contribution in [2.75, 3.05) is 0 Å². The van der Waals surface area contributed by atoms with E-state index >= 15 is 0 Å². The molecule has 0 radical (unpaired) electrons. The van der Waals surface area contributed by atoms with Crippen molar-refractivity contribution in [1.29, 1.82) is 0 Å². The Morgan fingerprint density at radius 2 is 1.65 bits per heavy atom. The molecule has 0 aromatic heterocycles. The third kappa shape index (κ3) is 3.54. The molecule has 0 unspecified atom stereocenters. The van der Waals surface area contributed by atoms with Crippen molar-refractivity contribution in [3.63, 3.8) is 0 Å². The van der Waals surface area contributed by atoms with Gasteiger partial charge in [0.05, 0.1) is 0 Å². The Morgan fingerprint density at radius 1 is 1.00 bits per heavy atom. The van der Waals surface area contributed by atoms with E-state index in [1.807, 2.05) is 23.5 Å². The van der Waals surface area contributed by atoms with Crippen molar-refractivity contribution in [2.24, 2.45) is 0 Å². The van der Waals surface area contributed by atoms with Crippen LogP contribution in [0.15, 0.2) is 42.5 Å². The minimum Gasteiger partial charge on any atom is -0.409 e. The van der Waals surface area contributed by atoms with Crippen LogP contribution in [-0.2, 0) is 4.79 Å². The van der Waals surface area contributed by atoms with E-state index in [0.29, 0.717) is 5.75 Å². The number of alkyl halides is 3. The molecule has 2 aromatic rings. The van der Waals surface area contributed by atoms with E-state index in [1.165, 1.54) is 0 Å². The largest absolute Gasteiger partial charge is 0.419 e. The summed E-state index contributed by atoms with van der Waals surface area (Å²) in [5.41, 5.74) is 0. The molecule has 0 aliphatic carbocycles. The number of nitrogens with one attached hydrogen (secondary N) is 1. The second-order valence-corrected chi connectivity index (χ2v) is 6.10. The minimum atomic E-state index is -2.22. The first kappa shape index (κ1) is 14.9. The van der Waals surface area contributed by atoms with Gasteiger partial charge in [-0.3, -0.25) is 10.1 Å². The van der Waals surface area contributed by atoms with Gasteiger partial charge in [0.25, 0.3) is 9.70 Å². The number of carbonyl (C=O) groups is 2. The lowest BCUT2D eigenvalue weighted by Crippen LogP contribution is -2.40. The van der Waals surface area contributed by atoms with E-state index in [4.69, 9.17) is 39.5 Å². The first-order chi connectivity index (χ1) is 9.38. The predicted octanol–water partition coefficient (Wildman–Crippen LogP) is 3.83. The smallest absolute Gasteiger partial charge is 0.409 e. The Bertz CT molecular complexity index is 662. The number of hydrogen-bond acceptors (Lipinski definition) is 3. The average Bonchev–Trinajstić information content (AvgIpc) is 2.38. The molecule has 20 heavy (non-hydrogen) atoms. The van der Waals surface area contributed by atoms with Crippen molar-refractivity contribution in [1.82, 2.24) is 5.32 Å². The van der Waals surface area contributed by atoms with Gasteiger partial charge in [-0.2, -0.15) is 0 Å². The maximum atomic E-state index is 11.6. The summed E-state index contributed by atoms with van der Waals surface area (Å²) in [7, 11) is 0. The van der Waals surface area contributed by atoms with E-state index in [1.54, 1.807) is 24.3 Å². The van der Waals surface area contributed by atoms with Crippen LogP contribution in [0.3, 0.4) is 0 Å². The fourth-order valence-electron chi connectivity index (χ4n) is 1.57. The minimum absolute atomic E-state index is 0.303. The van der Waals surface area contributed by atoms with E-state index < -0.39 is 15.8 Å². The number of carbonyl (C=O) groups excluding carboxylic acids is 2. The number of benzene rings is 2. The molecular weight excluding hydrogens is 325 g/mol. The van der Waals surface area contributed by atoms with Crippen molar-refractivity contribution >= 4 is 57.6 Å². The highest BCUT2D eigenvalue weighted by molar-refractivity contribution is 6.76. The number of amides is 2. The molecule has 0 heterocycles. The summed E-state index contributed by atoms with van der Waals surface area (Å²) >= 11 is 16.0. The zero-order valence-corrected chi connectivity index (χ0v) is 12.2. The molecule has 0 fully saturated rings. The molecular formula is C13H8Cl3NO3. The maximum Gasteiger partial charge on any atom is 0.419 e. The molecule has 0 aliphatic rings. The first-order valence-electron chi connectivity index (χ1n) is 5.45. The standard InChI is InChI=1S/C13H8Cl3NO3/c14-13(15,16)11(18)17-12(19)20-10-7-3-5-8-4-1-2-6-9(8)10/h1-7H,(H,17,18,19). The number of fused-ring (bicyclic) bond motifs is 1. The second kappa shape index (κ2) is 5.87. The van der Waals surface area contributed by atoms with E-state index in [9.17, 15) is 9.59 Å². The normalized spacial score (nSPS) is 11.2. The highest BCUT2D eigenvalue weighted by atomic mass is 35.6. The van der Waals surface area contributed by atoms with Crippen molar-refractivity contribution in [3.8, 4) is 5.75 Å². The lowest BCUT2D eigenvalue weighted by Gasteiger charge is -2.11. The Kier molecular flexibility index (Phi) is 4.38. The van der Waals surface area contributed by atoms with Gasteiger partial charge in [0, 0.05) is 5.39 Å². The molecule has 0 atom stereocenters. The molecule has 1 N–H and O–H groups in total. The van der Waals surface area contributed by atoms with Gasteiger partial charge in [-0.05, 0) is 11.5 Å². The van der Waals surface area contributed by atoms with Crippen LogP contribution in [0.2, 0.25) is 0 Å². The van der Waals surface area contributed by atoms with Gasteiger partial charge >= 0.3 is 6.09 Å². The van der Waals surface area contributed by atoms with E-state index in [-0.39, 0.29) is 0 Å². The van der Waals surface area contributed by atoms with Crippen LogP contribution in [0.25, 0.3) is 10.8 Å². The molecule has 2 amide bonds. The topological polar surface area (TPSA) is 55.4 Å². The molecule has 2 aromatic carbocycles. The fourth-order valence-corrected chi connectivity index (χ4v) is 1.72. The Labute approximate surface area is 129 Å². The summed E-state index contributed by atoms with van der Waals surface area (Å²) in [6.07, 6.45) is -1.02. The second-order valence-electron chi connectivity index (χ2n) is 3.82. The highest BCUT2D eigenvalue weighted by Gasteiger charge is 2.32. The summed E-state index contributed by atoms with van der Waals surface area (Å²) in [5.74, 6) is -0.773. The van der Waals surface area contributed by atoms with Crippen molar-refractivity contribution < 1.29 is 14.3 Å². The molecule has 4 nitrogen and oxygen atoms in total.